The number of pyridine rings is 1. The molecule has 1 fully saturated rings. The van der Waals surface area contributed by atoms with Crippen molar-refractivity contribution in [2.75, 3.05) is 31.2 Å². The fraction of sp³-hybridized carbons (Fsp3) is 0.583. The normalized spacial score (nSPS) is 17.1. The monoisotopic (exact) mass is 206 g/mol. The number of anilines is 1. The second-order valence-corrected chi connectivity index (χ2v) is 4.23. The van der Waals surface area contributed by atoms with Gasteiger partial charge in [0.2, 0.25) is 0 Å². The zero-order valence-electron chi connectivity index (χ0n) is 9.44. The Hall–Kier alpha value is -1.09. The molecule has 2 heterocycles. The highest BCUT2D eigenvalue weighted by Crippen LogP contribution is 2.20. The quantitative estimate of drug-likeness (QED) is 0.740. The predicted octanol–water partition coefficient (Wildman–Crippen LogP) is 2.04. The van der Waals surface area contributed by atoms with Gasteiger partial charge in [-0.25, -0.2) is 0 Å². The van der Waals surface area contributed by atoms with Crippen LogP contribution in [0, 0.1) is 0 Å². The summed E-state index contributed by atoms with van der Waals surface area (Å²) in [7, 11) is 0. The van der Waals surface area contributed by atoms with E-state index in [4.69, 9.17) is 4.74 Å². The largest absolute Gasteiger partial charge is 0.378 e. The van der Waals surface area contributed by atoms with Crippen molar-refractivity contribution in [1.82, 2.24) is 4.98 Å². The molecule has 82 valence electrons. The van der Waals surface area contributed by atoms with E-state index in [1.54, 1.807) is 0 Å². The lowest BCUT2D eigenvalue weighted by molar-refractivity contribution is 0.122. The third kappa shape index (κ3) is 2.48. The molecule has 2 rings (SSSR count). The standard InChI is InChI=1S/C12H18N2O/c1-10(2)11-7-12(9-13-8-11)14-3-5-15-6-4-14/h7-10H,3-6H2,1-2H3. The molecule has 3 heteroatoms. The molecule has 0 aromatic carbocycles. The van der Waals surface area contributed by atoms with E-state index in [1.807, 2.05) is 12.4 Å². The lowest BCUT2D eigenvalue weighted by Gasteiger charge is -2.29. The van der Waals surface area contributed by atoms with Crippen molar-refractivity contribution in [2.24, 2.45) is 0 Å². The molecule has 0 unspecified atom stereocenters. The van der Waals surface area contributed by atoms with Gasteiger partial charge in [0, 0.05) is 19.3 Å². The van der Waals surface area contributed by atoms with Crippen LogP contribution in [0.1, 0.15) is 25.3 Å². The molecule has 0 amide bonds. The molecule has 0 bridgehead atoms. The summed E-state index contributed by atoms with van der Waals surface area (Å²) < 4.78 is 5.34. The van der Waals surface area contributed by atoms with Crippen LogP contribution >= 0.6 is 0 Å². The molecular formula is C12H18N2O. The van der Waals surface area contributed by atoms with Crippen molar-refractivity contribution in [2.45, 2.75) is 19.8 Å². The van der Waals surface area contributed by atoms with Crippen LogP contribution in [0.15, 0.2) is 18.5 Å². The predicted molar refractivity (Wildman–Crippen MR) is 61.4 cm³/mol. The molecule has 1 aliphatic rings. The van der Waals surface area contributed by atoms with E-state index in [0.29, 0.717) is 5.92 Å². The molecule has 0 aliphatic carbocycles. The summed E-state index contributed by atoms with van der Waals surface area (Å²) in [5.41, 5.74) is 2.53. The van der Waals surface area contributed by atoms with Gasteiger partial charge in [0.15, 0.2) is 0 Å². The molecule has 0 atom stereocenters. The van der Waals surface area contributed by atoms with E-state index in [-0.39, 0.29) is 0 Å². The third-order valence-electron chi connectivity index (χ3n) is 2.79. The number of nitrogens with zero attached hydrogens (tertiary/aromatic N) is 2. The molecular weight excluding hydrogens is 188 g/mol. The summed E-state index contributed by atoms with van der Waals surface area (Å²) in [6.45, 7) is 7.99. The van der Waals surface area contributed by atoms with E-state index in [2.05, 4.69) is 29.8 Å². The van der Waals surface area contributed by atoms with E-state index in [9.17, 15) is 0 Å². The fourth-order valence-corrected chi connectivity index (χ4v) is 1.76. The third-order valence-corrected chi connectivity index (χ3v) is 2.79. The molecule has 1 saturated heterocycles. The minimum atomic E-state index is 0.540. The van der Waals surface area contributed by atoms with Crippen molar-refractivity contribution in [1.29, 1.82) is 0 Å². The number of hydrogen-bond donors (Lipinski definition) is 0. The van der Waals surface area contributed by atoms with Crippen molar-refractivity contribution < 1.29 is 4.74 Å². The molecule has 0 spiro atoms. The topological polar surface area (TPSA) is 25.4 Å². The highest BCUT2D eigenvalue weighted by Gasteiger charge is 2.12. The molecule has 0 saturated carbocycles. The minimum absolute atomic E-state index is 0.540. The summed E-state index contributed by atoms with van der Waals surface area (Å²) in [6, 6.07) is 2.24. The average molecular weight is 206 g/mol. The Morgan fingerprint density at radius 2 is 2.00 bits per heavy atom. The molecule has 1 aromatic heterocycles. The number of rotatable bonds is 2. The molecule has 15 heavy (non-hydrogen) atoms. The highest BCUT2D eigenvalue weighted by molar-refractivity contribution is 5.46. The Labute approximate surface area is 91.1 Å². The van der Waals surface area contributed by atoms with Crippen LogP contribution in [0.25, 0.3) is 0 Å². The van der Waals surface area contributed by atoms with Crippen LogP contribution in [-0.4, -0.2) is 31.3 Å². The Bertz CT molecular complexity index is 319. The van der Waals surface area contributed by atoms with Crippen LogP contribution < -0.4 is 4.90 Å². The highest BCUT2D eigenvalue weighted by atomic mass is 16.5. The number of hydrogen-bond acceptors (Lipinski definition) is 3. The Kier molecular flexibility index (Phi) is 3.21. The lowest BCUT2D eigenvalue weighted by Crippen LogP contribution is -2.36. The maximum absolute atomic E-state index is 5.34. The molecule has 0 radical (unpaired) electrons. The van der Waals surface area contributed by atoms with Crippen molar-refractivity contribution in [3.8, 4) is 0 Å². The second kappa shape index (κ2) is 4.62. The Morgan fingerprint density at radius 3 is 2.67 bits per heavy atom. The van der Waals surface area contributed by atoms with Crippen LogP contribution in [0.4, 0.5) is 5.69 Å². The maximum Gasteiger partial charge on any atom is 0.0642 e. The Morgan fingerprint density at radius 1 is 1.27 bits per heavy atom. The second-order valence-electron chi connectivity index (χ2n) is 4.23. The fourth-order valence-electron chi connectivity index (χ4n) is 1.76. The first-order valence-corrected chi connectivity index (χ1v) is 5.55. The summed E-state index contributed by atoms with van der Waals surface area (Å²) in [6.07, 6.45) is 3.89. The number of ether oxygens (including phenoxy) is 1. The summed E-state index contributed by atoms with van der Waals surface area (Å²) in [4.78, 5) is 6.63. The van der Waals surface area contributed by atoms with E-state index >= 15 is 0 Å². The van der Waals surface area contributed by atoms with Crippen LogP contribution in [0.5, 0.6) is 0 Å². The average Bonchev–Trinajstić information content (AvgIpc) is 2.30. The van der Waals surface area contributed by atoms with Crippen LogP contribution in [0.2, 0.25) is 0 Å². The summed E-state index contributed by atoms with van der Waals surface area (Å²) in [5.74, 6) is 0.540. The van der Waals surface area contributed by atoms with E-state index < -0.39 is 0 Å². The first kappa shape index (κ1) is 10.4. The number of aromatic nitrogens is 1. The van der Waals surface area contributed by atoms with E-state index in [1.165, 1.54) is 11.3 Å². The van der Waals surface area contributed by atoms with Gasteiger partial charge in [-0.15, -0.1) is 0 Å². The van der Waals surface area contributed by atoms with Gasteiger partial charge >= 0.3 is 0 Å². The van der Waals surface area contributed by atoms with Crippen molar-refractivity contribution >= 4 is 5.69 Å². The summed E-state index contributed by atoms with van der Waals surface area (Å²) >= 11 is 0. The first-order chi connectivity index (χ1) is 7.27. The van der Waals surface area contributed by atoms with Crippen molar-refractivity contribution in [3.63, 3.8) is 0 Å². The van der Waals surface area contributed by atoms with Gasteiger partial charge in [-0.05, 0) is 17.5 Å². The van der Waals surface area contributed by atoms with Gasteiger partial charge in [0.05, 0.1) is 25.1 Å². The maximum atomic E-state index is 5.34. The van der Waals surface area contributed by atoms with Gasteiger partial charge in [-0.2, -0.15) is 0 Å². The number of morpholine rings is 1. The summed E-state index contributed by atoms with van der Waals surface area (Å²) in [5, 5.41) is 0. The van der Waals surface area contributed by atoms with E-state index in [0.717, 1.165) is 26.3 Å². The van der Waals surface area contributed by atoms with Crippen LogP contribution in [0.3, 0.4) is 0 Å². The van der Waals surface area contributed by atoms with Gasteiger partial charge in [-0.1, -0.05) is 13.8 Å². The first-order valence-electron chi connectivity index (χ1n) is 5.55. The smallest absolute Gasteiger partial charge is 0.0642 e. The molecule has 1 aliphatic heterocycles. The SMILES string of the molecule is CC(C)c1cncc(N2CCOCC2)c1. The zero-order valence-corrected chi connectivity index (χ0v) is 9.44. The molecule has 1 aromatic rings. The minimum Gasteiger partial charge on any atom is -0.378 e. The molecule has 0 N–H and O–H groups in total. The van der Waals surface area contributed by atoms with Gasteiger partial charge in [0.25, 0.3) is 0 Å². The van der Waals surface area contributed by atoms with Crippen LogP contribution in [-0.2, 0) is 4.74 Å². The van der Waals surface area contributed by atoms with Gasteiger partial charge in [0.1, 0.15) is 0 Å². The van der Waals surface area contributed by atoms with Gasteiger partial charge in [-0.3, -0.25) is 4.98 Å². The van der Waals surface area contributed by atoms with Gasteiger partial charge < -0.3 is 9.64 Å². The molecule has 3 nitrogen and oxygen atoms in total. The Balaban J connectivity index is 2.16. The lowest BCUT2D eigenvalue weighted by atomic mass is 10.1. The van der Waals surface area contributed by atoms with Crippen molar-refractivity contribution in [3.05, 3.63) is 24.0 Å². The zero-order chi connectivity index (χ0) is 10.7.